The average molecular weight is 405 g/mol. The van der Waals surface area contributed by atoms with Gasteiger partial charge in [0.2, 0.25) is 0 Å². The van der Waals surface area contributed by atoms with Crippen molar-refractivity contribution in [1.82, 2.24) is 0 Å². The number of rotatable bonds is 5. The molecule has 0 aliphatic carbocycles. The van der Waals surface area contributed by atoms with E-state index in [1.165, 1.54) is 6.26 Å². The van der Waals surface area contributed by atoms with Crippen LogP contribution in [-0.4, -0.2) is 5.97 Å². The molecule has 144 valence electrons. The van der Waals surface area contributed by atoms with Crippen LogP contribution in [0.4, 0.5) is 0 Å². The third kappa shape index (κ3) is 4.39. The molecule has 1 heterocycles. The van der Waals surface area contributed by atoms with Crippen molar-refractivity contribution in [1.29, 1.82) is 0 Å². The summed E-state index contributed by atoms with van der Waals surface area (Å²) in [5, 5.41) is 1.01. The Bertz CT molecular complexity index is 1210. The number of fused-ring (bicyclic) bond motifs is 1. The Morgan fingerprint density at radius 2 is 1.72 bits per heavy atom. The van der Waals surface area contributed by atoms with Gasteiger partial charge in [-0.25, -0.2) is 0 Å². The number of aryl methyl sites for hydroxylation is 1. The van der Waals surface area contributed by atoms with Crippen molar-refractivity contribution in [2.45, 2.75) is 12.8 Å². The van der Waals surface area contributed by atoms with Gasteiger partial charge in [0.25, 0.3) is 0 Å². The standard InChI is InChI=1S/C24H17ClO4/c25-18-9-7-17(8-10-18)21-15-28-22-14-19(11-12-20(22)24(21)27)29-23(26)13-6-16-4-2-1-3-5-16/h1-5,7-12,14-15H,6,13H2. The molecule has 0 amide bonds. The Hall–Kier alpha value is -3.37. The first-order valence-electron chi connectivity index (χ1n) is 9.16. The molecular formula is C24H17ClO4. The number of carbonyl (C=O) groups excluding carboxylic acids is 1. The molecule has 4 nitrogen and oxygen atoms in total. The zero-order chi connectivity index (χ0) is 20.2. The van der Waals surface area contributed by atoms with Gasteiger partial charge in [-0.15, -0.1) is 0 Å². The fraction of sp³-hybridized carbons (Fsp3) is 0.0833. The molecule has 1 aromatic heterocycles. The number of esters is 1. The van der Waals surface area contributed by atoms with Gasteiger partial charge in [-0.3, -0.25) is 9.59 Å². The normalized spacial score (nSPS) is 10.8. The number of hydrogen-bond donors (Lipinski definition) is 0. The summed E-state index contributed by atoms with van der Waals surface area (Å²) in [5.41, 5.74) is 2.45. The van der Waals surface area contributed by atoms with Crippen LogP contribution in [0.3, 0.4) is 0 Å². The predicted octanol–water partition coefficient (Wildman–Crippen LogP) is 5.65. The highest BCUT2D eigenvalue weighted by Crippen LogP contribution is 2.24. The second-order valence-corrected chi connectivity index (χ2v) is 7.04. The lowest BCUT2D eigenvalue weighted by Crippen LogP contribution is -2.09. The maximum absolute atomic E-state index is 12.8. The molecular weight excluding hydrogens is 388 g/mol. The van der Waals surface area contributed by atoms with E-state index < -0.39 is 0 Å². The molecule has 0 spiro atoms. The zero-order valence-electron chi connectivity index (χ0n) is 15.4. The number of carbonyl (C=O) groups is 1. The van der Waals surface area contributed by atoms with Gasteiger partial charge in [0.1, 0.15) is 17.6 Å². The maximum atomic E-state index is 12.8. The van der Waals surface area contributed by atoms with Crippen molar-refractivity contribution in [3.63, 3.8) is 0 Å². The van der Waals surface area contributed by atoms with Crippen LogP contribution in [0.5, 0.6) is 5.75 Å². The van der Waals surface area contributed by atoms with E-state index in [9.17, 15) is 9.59 Å². The number of ether oxygens (including phenoxy) is 1. The van der Waals surface area contributed by atoms with Crippen LogP contribution in [-0.2, 0) is 11.2 Å². The molecule has 29 heavy (non-hydrogen) atoms. The smallest absolute Gasteiger partial charge is 0.311 e. The minimum absolute atomic E-state index is 0.157. The molecule has 0 fully saturated rings. The van der Waals surface area contributed by atoms with E-state index >= 15 is 0 Å². The Morgan fingerprint density at radius 1 is 0.966 bits per heavy atom. The fourth-order valence-corrected chi connectivity index (χ4v) is 3.20. The summed E-state index contributed by atoms with van der Waals surface area (Å²) < 4.78 is 11.0. The summed E-state index contributed by atoms with van der Waals surface area (Å²) in [6.07, 6.45) is 2.28. The molecule has 5 heteroatoms. The van der Waals surface area contributed by atoms with Crippen LogP contribution in [0.1, 0.15) is 12.0 Å². The van der Waals surface area contributed by atoms with Crippen LogP contribution < -0.4 is 10.2 Å². The Labute approximate surface area is 172 Å². The summed E-state index contributed by atoms with van der Waals surface area (Å²) >= 11 is 5.91. The third-order valence-electron chi connectivity index (χ3n) is 4.59. The van der Waals surface area contributed by atoms with Crippen molar-refractivity contribution >= 4 is 28.5 Å². The van der Waals surface area contributed by atoms with E-state index in [1.54, 1.807) is 42.5 Å². The van der Waals surface area contributed by atoms with E-state index in [1.807, 2.05) is 30.3 Å². The predicted molar refractivity (Wildman–Crippen MR) is 113 cm³/mol. The molecule has 0 atom stereocenters. The summed E-state index contributed by atoms with van der Waals surface area (Å²) in [5.74, 6) is 0.00582. The largest absolute Gasteiger partial charge is 0.463 e. The van der Waals surface area contributed by atoms with Crippen molar-refractivity contribution in [2.75, 3.05) is 0 Å². The lowest BCUT2D eigenvalue weighted by atomic mass is 10.1. The number of hydrogen-bond acceptors (Lipinski definition) is 4. The fourth-order valence-electron chi connectivity index (χ4n) is 3.07. The van der Waals surface area contributed by atoms with Crippen LogP contribution in [0, 0.1) is 0 Å². The Kier molecular flexibility index (Phi) is 5.45. The summed E-state index contributed by atoms with van der Waals surface area (Å²) in [7, 11) is 0. The van der Waals surface area contributed by atoms with E-state index in [0.717, 1.165) is 11.1 Å². The molecule has 0 bridgehead atoms. The van der Waals surface area contributed by atoms with Crippen LogP contribution >= 0.6 is 11.6 Å². The highest BCUT2D eigenvalue weighted by Gasteiger charge is 2.12. The van der Waals surface area contributed by atoms with Crippen LogP contribution in [0.2, 0.25) is 5.02 Å². The summed E-state index contributed by atoms with van der Waals surface area (Å²) in [6, 6.07) is 21.5. The first kappa shape index (κ1) is 19.0. The quantitative estimate of drug-likeness (QED) is 0.318. The minimum Gasteiger partial charge on any atom is -0.463 e. The lowest BCUT2D eigenvalue weighted by Gasteiger charge is -2.07. The molecule has 0 N–H and O–H groups in total. The molecule has 0 aliphatic rings. The molecule has 0 radical (unpaired) electrons. The Morgan fingerprint density at radius 3 is 2.48 bits per heavy atom. The second kappa shape index (κ2) is 8.33. The molecule has 0 saturated heterocycles. The van der Waals surface area contributed by atoms with Gasteiger partial charge >= 0.3 is 5.97 Å². The van der Waals surface area contributed by atoms with Gasteiger partial charge in [-0.2, -0.15) is 0 Å². The van der Waals surface area contributed by atoms with Gasteiger partial charge < -0.3 is 9.15 Å². The second-order valence-electron chi connectivity index (χ2n) is 6.60. The molecule has 4 rings (SSSR count). The van der Waals surface area contributed by atoms with Gasteiger partial charge in [0.05, 0.1) is 10.9 Å². The lowest BCUT2D eigenvalue weighted by molar-refractivity contribution is -0.134. The third-order valence-corrected chi connectivity index (χ3v) is 4.85. The number of halogens is 1. The monoisotopic (exact) mass is 404 g/mol. The molecule has 0 unspecified atom stereocenters. The van der Waals surface area contributed by atoms with E-state index in [4.69, 9.17) is 20.8 Å². The van der Waals surface area contributed by atoms with E-state index in [-0.39, 0.29) is 17.8 Å². The van der Waals surface area contributed by atoms with Gasteiger partial charge in [0, 0.05) is 17.5 Å². The van der Waals surface area contributed by atoms with Crippen molar-refractivity contribution in [3.05, 3.63) is 99.9 Å². The molecule has 3 aromatic carbocycles. The highest BCUT2D eigenvalue weighted by atomic mass is 35.5. The SMILES string of the molecule is O=C(CCc1ccccc1)Oc1ccc2c(=O)c(-c3ccc(Cl)cc3)coc2c1. The molecule has 0 saturated carbocycles. The highest BCUT2D eigenvalue weighted by molar-refractivity contribution is 6.30. The van der Waals surface area contributed by atoms with Crippen molar-refractivity contribution < 1.29 is 13.9 Å². The van der Waals surface area contributed by atoms with E-state index in [0.29, 0.717) is 33.7 Å². The van der Waals surface area contributed by atoms with Gasteiger partial charge in [0.15, 0.2) is 5.43 Å². The van der Waals surface area contributed by atoms with Crippen LogP contribution in [0.15, 0.2) is 88.3 Å². The van der Waals surface area contributed by atoms with E-state index in [2.05, 4.69) is 0 Å². The molecule has 0 aliphatic heterocycles. The maximum Gasteiger partial charge on any atom is 0.311 e. The summed E-state index contributed by atoms with van der Waals surface area (Å²) in [6.45, 7) is 0. The number of benzene rings is 3. The first-order chi connectivity index (χ1) is 14.1. The molecule has 4 aromatic rings. The average Bonchev–Trinajstić information content (AvgIpc) is 2.74. The van der Waals surface area contributed by atoms with Gasteiger partial charge in [-0.1, -0.05) is 54.1 Å². The van der Waals surface area contributed by atoms with Crippen molar-refractivity contribution in [3.8, 4) is 16.9 Å². The topological polar surface area (TPSA) is 56.5 Å². The Balaban J connectivity index is 1.52. The zero-order valence-corrected chi connectivity index (χ0v) is 16.2. The van der Waals surface area contributed by atoms with Crippen LogP contribution in [0.25, 0.3) is 22.1 Å². The minimum atomic E-state index is -0.340. The van der Waals surface area contributed by atoms with Gasteiger partial charge in [-0.05, 0) is 41.8 Å². The first-order valence-corrected chi connectivity index (χ1v) is 9.54. The van der Waals surface area contributed by atoms with Crippen molar-refractivity contribution in [2.24, 2.45) is 0 Å². The summed E-state index contributed by atoms with van der Waals surface area (Å²) in [4.78, 5) is 24.9.